The van der Waals surface area contributed by atoms with Crippen LogP contribution in [0.4, 0.5) is 4.39 Å². The van der Waals surface area contributed by atoms with Crippen LogP contribution in [0.5, 0.6) is 0 Å². The highest BCUT2D eigenvalue weighted by atomic mass is 19.1. The van der Waals surface area contributed by atoms with Crippen molar-refractivity contribution in [3.8, 4) is 0 Å². The summed E-state index contributed by atoms with van der Waals surface area (Å²) in [4.78, 5) is 29.5. The molecule has 0 spiro atoms. The molecule has 2 bridgehead atoms. The minimum atomic E-state index is -0.499. The smallest absolute Gasteiger partial charge is 0.256 e. The minimum absolute atomic E-state index is 0.0243. The third-order valence-electron chi connectivity index (χ3n) is 7.26. The molecule has 1 aliphatic heterocycles. The lowest BCUT2D eigenvalue weighted by atomic mass is 9.68. The Morgan fingerprint density at radius 1 is 1.11 bits per heavy atom. The fraction of sp³-hybridized carbons (Fsp3) is 0.545. The Labute approximate surface area is 160 Å². The summed E-state index contributed by atoms with van der Waals surface area (Å²) in [6, 6.07) is 6.06. The van der Waals surface area contributed by atoms with E-state index in [2.05, 4.69) is 20.4 Å². The maximum absolute atomic E-state index is 13.9. The van der Waals surface area contributed by atoms with Gasteiger partial charge < -0.3 is 9.80 Å². The van der Waals surface area contributed by atoms with Gasteiger partial charge in [0.1, 0.15) is 5.82 Å². The molecule has 1 heterocycles. The van der Waals surface area contributed by atoms with E-state index in [0.29, 0.717) is 32.1 Å². The Balaban J connectivity index is 1.44. The molecule has 5 heteroatoms. The van der Waals surface area contributed by atoms with Crippen molar-refractivity contribution in [1.82, 2.24) is 9.80 Å². The number of rotatable bonds is 2. The normalized spacial score (nSPS) is 29.3. The Hall–Kier alpha value is -2.17. The second kappa shape index (κ2) is 6.18. The monoisotopic (exact) mass is 370 g/mol. The van der Waals surface area contributed by atoms with Gasteiger partial charge in [0.2, 0.25) is 5.91 Å². The number of nitrogens with zero attached hydrogens (tertiary/aromatic N) is 2. The zero-order valence-electron chi connectivity index (χ0n) is 16.1. The molecule has 1 aromatic carbocycles. The van der Waals surface area contributed by atoms with Crippen molar-refractivity contribution >= 4 is 11.8 Å². The molecule has 4 nitrogen and oxygen atoms in total. The second-order valence-electron chi connectivity index (χ2n) is 8.79. The first-order valence-electron chi connectivity index (χ1n) is 9.80. The van der Waals surface area contributed by atoms with Gasteiger partial charge in [0.25, 0.3) is 5.91 Å². The number of piperazine rings is 1. The van der Waals surface area contributed by atoms with Crippen LogP contribution in [0.15, 0.2) is 36.4 Å². The van der Waals surface area contributed by atoms with E-state index in [0.717, 1.165) is 24.8 Å². The number of fused-ring (bicyclic) bond motifs is 2. The van der Waals surface area contributed by atoms with Crippen LogP contribution in [0.1, 0.15) is 43.5 Å². The van der Waals surface area contributed by atoms with Crippen LogP contribution in [0.3, 0.4) is 0 Å². The SMILES string of the molecule is C=C1C(C)(C)[C@@H]2CC[C@]1(C(=O)N1CCN(C(=O)c3ccccc3F)CC1)C2. The summed E-state index contributed by atoms with van der Waals surface area (Å²) in [5.74, 6) is -0.0801. The fourth-order valence-electron chi connectivity index (χ4n) is 5.34. The van der Waals surface area contributed by atoms with Crippen molar-refractivity contribution in [3.05, 3.63) is 47.8 Å². The van der Waals surface area contributed by atoms with Gasteiger partial charge >= 0.3 is 0 Å². The molecule has 4 rings (SSSR count). The molecule has 1 saturated heterocycles. The number of hydrogen-bond donors (Lipinski definition) is 0. The topological polar surface area (TPSA) is 40.6 Å². The Morgan fingerprint density at radius 3 is 2.33 bits per heavy atom. The molecule has 2 aliphatic carbocycles. The minimum Gasteiger partial charge on any atom is -0.338 e. The van der Waals surface area contributed by atoms with Gasteiger partial charge in [0.15, 0.2) is 0 Å². The lowest BCUT2D eigenvalue weighted by Gasteiger charge is -2.42. The highest BCUT2D eigenvalue weighted by molar-refractivity contribution is 5.95. The van der Waals surface area contributed by atoms with Crippen LogP contribution in [0.25, 0.3) is 0 Å². The van der Waals surface area contributed by atoms with Crippen LogP contribution in [-0.2, 0) is 4.79 Å². The van der Waals surface area contributed by atoms with Gasteiger partial charge in [0.05, 0.1) is 11.0 Å². The van der Waals surface area contributed by atoms with E-state index in [1.807, 2.05) is 4.90 Å². The molecule has 0 unspecified atom stereocenters. The molecule has 0 radical (unpaired) electrons. The molecule has 2 saturated carbocycles. The highest BCUT2D eigenvalue weighted by Crippen LogP contribution is 2.65. The molecule has 27 heavy (non-hydrogen) atoms. The average Bonchev–Trinajstić information content (AvgIpc) is 3.20. The Kier molecular flexibility index (Phi) is 4.17. The van der Waals surface area contributed by atoms with Crippen molar-refractivity contribution in [2.75, 3.05) is 26.2 Å². The largest absolute Gasteiger partial charge is 0.338 e. The van der Waals surface area contributed by atoms with Crippen LogP contribution >= 0.6 is 0 Å². The zero-order valence-corrected chi connectivity index (χ0v) is 16.1. The Bertz CT molecular complexity index is 810. The summed E-state index contributed by atoms with van der Waals surface area (Å²) < 4.78 is 13.9. The van der Waals surface area contributed by atoms with E-state index in [1.54, 1.807) is 17.0 Å². The number of carbonyl (C=O) groups excluding carboxylic acids is 2. The van der Waals surface area contributed by atoms with Crippen molar-refractivity contribution < 1.29 is 14.0 Å². The van der Waals surface area contributed by atoms with Gasteiger partial charge in [-0.05, 0) is 42.7 Å². The third-order valence-corrected chi connectivity index (χ3v) is 7.26. The molecule has 1 aromatic rings. The number of carbonyl (C=O) groups is 2. The van der Waals surface area contributed by atoms with Crippen LogP contribution in [0, 0.1) is 22.6 Å². The number of halogens is 1. The quantitative estimate of drug-likeness (QED) is 0.748. The fourth-order valence-corrected chi connectivity index (χ4v) is 5.34. The van der Waals surface area contributed by atoms with E-state index >= 15 is 0 Å². The maximum Gasteiger partial charge on any atom is 0.256 e. The summed E-state index contributed by atoms with van der Waals surface area (Å²) in [6.07, 6.45) is 2.89. The summed E-state index contributed by atoms with van der Waals surface area (Å²) in [6.45, 7) is 10.6. The Morgan fingerprint density at radius 2 is 1.74 bits per heavy atom. The third kappa shape index (κ3) is 2.62. The number of hydrogen-bond acceptors (Lipinski definition) is 2. The van der Waals surface area contributed by atoms with Gasteiger partial charge in [-0.15, -0.1) is 0 Å². The van der Waals surface area contributed by atoms with E-state index in [4.69, 9.17) is 0 Å². The standard InChI is InChI=1S/C22H27FN2O2/c1-15-21(2,3)16-8-9-22(15,14-16)20(27)25-12-10-24(11-13-25)19(26)17-6-4-5-7-18(17)23/h4-7,16H,1,8-14H2,2-3H3/t16-,22+/m1/s1. The molecule has 0 aromatic heterocycles. The zero-order chi connectivity index (χ0) is 19.4. The van der Waals surface area contributed by atoms with Crippen molar-refractivity contribution in [2.24, 2.45) is 16.7 Å². The van der Waals surface area contributed by atoms with Gasteiger partial charge in [-0.25, -0.2) is 4.39 Å². The van der Waals surface area contributed by atoms with Crippen LogP contribution in [0.2, 0.25) is 0 Å². The molecule has 144 valence electrons. The van der Waals surface area contributed by atoms with Crippen molar-refractivity contribution in [1.29, 1.82) is 0 Å². The maximum atomic E-state index is 13.9. The van der Waals surface area contributed by atoms with E-state index in [1.165, 1.54) is 12.1 Å². The van der Waals surface area contributed by atoms with Crippen molar-refractivity contribution in [3.63, 3.8) is 0 Å². The predicted molar refractivity (Wildman–Crippen MR) is 102 cm³/mol. The first-order chi connectivity index (χ1) is 12.8. The van der Waals surface area contributed by atoms with Crippen LogP contribution < -0.4 is 0 Å². The molecular weight excluding hydrogens is 343 g/mol. The van der Waals surface area contributed by atoms with E-state index in [-0.39, 0.29) is 22.8 Å². The van der Waals surface area contributed by atoms with E-state index in [9.17, 15) is 14.0 Å². The summed E-state index contributed by atoms with van der Waals surface area (Å²) in [5, 5.41) is 0. The first-order valence-corrected chi connectivity index (χ1v) is 9.80. The van der Waals surface area contributed by atoms with Crippen molar-refractivity contribution in [2.45, 2.75) is 33.1 Å². The van der Waals surface area contributed by atoms with E-state index < -0.39 is 11.2 Å². The highest BCUT2D eigenvalue weighted by Gasteiger charge is 2.61. The lowest BCUT2D eigenvalue weighted by molar-refractivity contribution is -0.141. The van der Waals surface area contributed by atoms with Gasteiger partial charge in [-0.1, -0.05) is 38.1 Å². The molecule has 2 amide bonds. The summed E-state index contributed by atoms with van der Waals surface area (Å²) in [7, 11) is 0. The number of benzene rings is 1. The molecule has 3 fully saturated rings. The van der Waals surface area contributed by atoms with Gasteiger partial charge in [-0.3, -0.25) is 9.59 Å². The van der Waals surface area contributed by atoms with Gasteiger partial charge in [0, 0.05) is 26.2 Å². The summed E-state index contributed by atoms with van der Waals surface area (Å²) >= 11 is 0. The average molecular weight is 370 g/mol. The first kappa shape index (κ1) is 18.2. The second-order valence-corrected chi connectivity index (χ2v) is 8.79. The van der Waals surface area contributed by atoms with Gasteiger partial charge in [-0.2, -0.15) is 0 Å². The molecular formula is C22H27FN2O2. The molecule has 2 atom stereocenters. The molecule has 3 aliphatic rings. The molecule has 0 N–H and O–H groups in total. The summed E-state index contributed by atoms with van der Waals surface area (Å²) in [5.41, 5.74) is 0.795. The predicted octanol–water partition coefficient (Wildman–Crippen LogP) is 3.49. The number of amides is 2. The van der Waals surface area contributed by atoms with Crippen LogP contribution in [-0.4, -0.2) is 47.8 Å². The lowest BCUT2D eigenvalue weighted by Crippen LogP contribution is -2.54.